The zero-order valence-electron chi connectivity index (χ0n) is 44.3. The van der Waals surface area contributed by atoms with Gasteiger partial charge in [0.1, 0.15) is 0 Å². The van der Waals surface area contributed by atoms with Crippen LogP contribution in [0.2, 0.25) is 0 Å². The smallest absolute Gasteiger partial charge is 0.0618 e. The van der Waals surface area contributed by atoms with Gasteiger partial charge in [-0.1, -0.05) is 268 Å². The lowest BCUT2D eigenvalue weighted by molar-refractivity contribution is 0.590. The molecule has 12 aromatic carbocycles. The van der Waals surface area contributed by atoms with E-state index in [2.05, 4.69) is 349 Å². The highest BCUT2D eigenvalue weighted by atomic mass is 127. The van der Waals surface area contributed by atoms with E-state index in [1.54, 1.807) is 0 Å². The molecule has 0 bridgehead atoms. The van der Waals surface area contributed by atoms with Crippen molar-refractivity contribution in [3.63, 3.8) is 0 Å². The van der Waals surface area contributed by atoms with E-state index >= 15 is 0 Å². The fraction of sp³-hybridized carbons (Fsp3) is 0.111. The summed E-state index contributed by atoms with van der Waals surface area (Å²) >= 11 is 9.36. The Hall–Kier alpha value is -7.03. The molecule has 380 valence electrons. The molecule has 0 atom stereocenters. The number of benzene rings is 12. The van der Waals surface area contributed by atoms with Gasteiger partial charge in [-0.25, -0.2) is 0 Å². The second kappa shape index (κ2) is 23.3. The Labute approximate surface area is 485 Å². The third kappa shape index (κ3) is 11.9. The van der Waals surface area contributed by atoms with Crippen molar-refractivity contribution in [2.75, 3.05) is 10.2 Å². The largest absolute Gasteiger partial charge is 0.355 e. The van der Waals surface area contributed by atoms with Gasteiger partial charge in [0.05, 0.1) is 11.4 Å². The maximum Gasteiger partial charge on any atom is 0.0618 e. The molecule has 12 aromatic rings. The Morgan fingerprint density at radius 3 is 1.13 bits per heavy atom. The third-order valence-corrected chi connectivity index (χ3v) is 15.7. The molecule has 1 N–H and O–H groups in total. The number of fused-ring (bicyclic) bond motifs is 4. The first-order valence-corrected chi connectivity index (χ1v) is 28.8. The molecule has 0 heterocycles. The molecule has 0 amide bonds. The molecule has 0 spiro atoms. The monoisotopic (exact) mass is 1240 g/mol. The van der Waals surface area contributed by atoms with Crippen molar-refractivity contribution in [3.05, 3.63) is 278 Å². The van der Waals surface area contributed by atoms with E-state index < -0.39 is 0 Å². The van der Waals surface area contributed by atoms with E-state index in [1.165, 1.54) is 85.7 Å². The van der Waals surface area contributed by atoms with Gasteiger partial charge in [-0.05, 0) is 149 Å². The first-order valence-electron chi connectivity index (χ1n) is 26.2. The van der Waals surface area contributed by atoms with Crippen LogP contribution in [-0.4, -0.2) is 0 Å². The maximum atomic E-state index is 3.75. The highest BCUT2D eigenvalue weighted by Gasteiger charge is 2.23. The van der Waals surface area contributed by atoms with Crippen LogP contribution in [0, 0.1) is 3.57 Å². The lowest BCUT2D eigenvalue weighted by Gasteiger charge is -2.30. The van der Waals surface area contributed by atoms with E-state index in [4.69, 9.17) is 0 Å². The van der Waals surface area contributed by atoms with Gasteiger partial charge in [-0.2, -0.15) is 0 Å². The fourth-order valence-electron chi connectivity index (χ4n) is 10.2. The molecule has 0 radical (unpaired) electrons. The van der Waals surface area contributed by atoms with E-state index in [9.17, 15) is 0 Å². The summed E-state index contributed by atoms with van der Waals surface area (Å²) in [6, 6.07) is 91.2. The van der Waals surface area contributed by atoms with Crippen molar-refractivity contribution in [3.8, 4) is 22.3 Å². The average Bonchev–Trinajstić information content (AvgIpc) is 3.52. The molecule has 0 unspecified atom stereocenters. The van der Waals surface area contributed by atoms with Gasteiger partial charge < -0.3 is 10.2 Å². The molecule has 5 heteroatoms. The van der Waals surface area contributed by atoms with Crippen molar-refractivity contribution >= 4 is 126 Å². The first kappa shape index (κ1) is 53.4. The van der Waals surface area contributed by atoms with Crippen LogP contribution in [0.15, 0.2) is 264 Å². The molecular weight excluding hydrogens is 1180 g/mol. The van der Waals surface area contributed by atoms with Crippen molar-refractivity contribution in [1.29, 1.82) is 0 Å². The van der Waals surface area contributed by atoms with Crippen LogP contribution in [0.25, 0.3) is 65.3 Å². The fourth-order valence-corrected chi connectivity index (χ4v) is 12.0. The number of nitrogens with zero attached hydrogens (tertiary/aromatic N) is 1. The van der Waals surface area contributed by atoms with Crippen molar-refractivity contribution < 1.29 is 0 Å². The molecular formula is C72H61Br2IN2. The average molecular weight is 1240 g/mol. The Morgan fingerprint density at radius 1 is 0.351 bits per heavy atom. The summed E-state index contributed by atoms with van der Waals surface area (Å²) in [5.74, 6) is 0. The number of rotatable bonds is 7. The molecule has 0 aliphatic rings. The molecule has 77 heavy (non-hydrogen) atoms. The summed E-state index contributed by atoms with van der Waals surface area (Å²) in [5.41, 5.74) is 13.7. The van der Waals surface area contributed by atoms with Gasteiger partial charge in [-0.3, -0.25) is 0 Å². The molecule has 0 saturated heterocycles. The highest BCUT2D eigenvalue weighted by molar-refractivity contribution is 14.1. The Kier molecular flexibility index (Phi) is 16.1. The van der Waals surface area contributed by atoms with Crippen molar-refractivity contribution in [2.45, 2.75) is 52.4 Å². The molecule has 0 fully saturated rings. The molecule has 0 saturated carbocycles. The molecule has 12 rings (SSSR count). The second-order valence-electron chi connectivity index (χ2n) is 21.4. The number of hydrogen-bond acceptors (Lipinski definition) is 2. The van der Waals surface area contributed by atoms with Crippen LogP contribution in [0.1, 0.15) is 52.7 Å². The third-order valence-electron chi connectivity index (χ3n) is 14.0. The quantitative estimate of drug-likeness (QED) is 0.126. The Bertz CT molecular complexity index is 3860. The minimum absolute atomic E-state index is 0.0931. The van der Waals surface area contributed by atoms with Gasteiger partial charge in [-0.15, -0.1) is 0 Å². The van der Waals surface area contributed by atoms with Crippen LogP contribution in [0.3, 0.4) is 0 Å². The molecule has 2 nitrogen and oxygen atoms in total. The van der Waals surface area contributed by atoms with E-state index in [0.717, 1.165) is 31.7 Å². The van der Waals surface area contributed by atoms with Crippen molar-refractivity contribution in [1.82, 2.24) is 0 Å². The van der Waals surface area contributed by atoms with E-state index in [1.807, 2.05) is 12.1 Å². The molecule has 0 aromatic heterocycles. The summed E-state index contributed by atoms with van der Waals surface area (Å²) in [7, 11) is 0. The predicted molar refractivity (Wildman–Crippen MR) is 350 cm³/mol. The van der Waals surface area contributed by atoms with Crippen molar-refractivity contribution in [2.24, 2.45) is 0 Å². The van der Waals surface area contributed by atoms with Crippen LogP contribution in [0.5, 0.6) is 0 Å². The van der Waals surface area contributed by atoms with Gasteiger partial charge in [0, 0.05) is 51.1 Å². The first-order chi connectivity index (χ1) is 37.2. The lowest BCUT2D eigenvalue weighted by atomic mass is 9.87. The summed E-state index contributed by atoms with van der Waals surface area (Å²) in [6.07, 6.45) is 0. The maximum absolute atomic E-state index is 3.75. The van der Waals surface area contributed by atoms with Crippen LogP contribution < -0.4 is 10.2 Å². The molecule has 0 aliphatic carbocycles. The Morgan fingerprint density at radius 2 is 0.727 bits per heavy atom. The van der Waals surface area contributed by atoms with Crippen LogP contribution in [0.4, 0.5) is 28.4 Å². The normalized spacial score (nSPS) is 11.4. The second-order valence-corrected chi connectivity index (χ2v) is 24.5. The number of nitrogens with one attached hydrogen (secondary N) is 1. The van der Waals surface area contributed by atoms with Gasteiger partial charge in [0.25, 0.3) is 0 Å². The highest BCUT2D eigenvalue weighted by Crippen LogP contribution is 2.49. The minimum atomic E-state index is 0.0931. The number of hydrogen-bond donors (Lipinski definition) is 1. The summed E-state index contributed by atoms with van der Waals surface area (Å²) in [6.45, 7) is 13.5. The lowest BCUT2D eigenvalue weighted by Crippen LogP contribution is -2.14. The zero-order chi connectivity index (χ0) is 53.7. The Balaban J connectivity index is 0.000000155. The number of halogens is 3. The van der Waals surface area contributed by atoms with Gasteiger partial charge >= 0.3 is 0 Å². The van der Waals surface area contributed by atoms with Crippen LogP contribution >= 0.6 is 54.5 Å². The summed E-state index contributed by atoms with van der Waals surface area (Å²) in [5, 5.41) is 13.7. The summed E-state index contributed by atoms with van der Waals surface area (Å²) in [4.78, 5) is 2.41. The zero-order valence-corrected chi connectivity index (χ0v) is 49.7. The topological polar surface area (TPSA) is 15.3 Å². The summed E-state index contributed by atoms with van der Waals surface area (Å²) < 4.78 is 3.46. The van der Waals surface area contributed by atoms with E-state index in [0.29, 0.717) is 0 Å². The minimum Gasteiger partial charge on any atom is -0.355 e. The van der Waals surface area contributed by atoms with E-state index in [-0.39, 0.29) is 10.8 Å². The molecule has 0 aliphatic heterocycles. The van der Waals surface area contributed by atoms with Gasteiger partial charge in [0.15, 0.2) is 0 Å². The predicted octanol–water partition coefficient (Wildman–Crippen LogP) is 22.9. The number of anilines is 5. The van der Waals surface area contributed by atoms with Gasteiger partial charge in [0.2, 0.25) is 0 Å². The van der Waals surface area contributed by atoms with Crippen LogP contribution in [-0.2, 0) is 10.8 Å². The SMILES string of the molecule is Brc1cccc(I)c1.CC(C)(C)c1ccc(N(c2cccc(Br)c2)c2c3ccccc3c(-c3ccccc3)c3ccccc23)cc1.CC(C)(C)c1ccc(Nc2c3ccccc3c(-c3ccccc3)c3ccccc23)cc1. The standard InChI is InChI=1S/C36H30BrN.C30H27N.C6H4BrI/c1-36(2,3)26-20-22-28(23-21-26)38(29-15-11-14-27(37)24-29)35-32-18-9-7-16-30(32)34(25-12-5-4-6-13-25)31-17-8-10-19-33(31)35;1-30(2,3)22-17-19-23(20-18-22)31-29-26-15-9-7-13-24(26)28(21-11-5-4-6-12-21)25-14-8-10-16-27(25)29;7-5-2-1-3-6(8)4-5/h4-24H,1-3H3;4-20,31H,1-3H3;1-4H.